The van der Waals surface area contributed by atoms with Crippen molar-refractivity contribution in [2.24, 2.45) is 0 Å². The molecule has 0 heterocycles. The van der Waals surface area contributed by atoms with Crippen LogP contribution in [0.2, 0.25) is 0 Å². The molecule has 5 heteroatoms. The molecule has 0 unspecified atom stereocenters. The van der Waals surface area contributed by atoms with Gasteiger partial charge in [-0.05, 0) is 52.3 Å². The van der Waals surface area contributed by atoms with Crippen LogP contribution in [0.3, 0.4) is 0 Å². The Morgan fingerprint density at radius 1 is 1.10 bits per heavy atom. The number of benzene rings is 1. The molecule has 1 N–H and O–H groups in total. The molecule has 0 fully saturated rings. The smallest absolute Gasteiger partial charge is 0.408 e. The van der Waals surface area contributed by atoms with Crippen molar-refractivity contribution in [3.05, 3.63) is 35.4 Å². The predicted molar refractivity (Wildman–Crippen MR) is 80.2 cm³/mol. The Balaban J connectivity index is 2.92. The third kappa shape index (κ3) is 5.10. The number of hydrogen-bond acceptors (Lipinski definition) is 4. The van der Waals surface area contributed by atoms with Gasteiger partial charge in [0.1, 0.15) is 5.60 Å². The predicted octanol–water partition coefficient (Wildman–Crippen LogP) is 3.23. The van der Waals surface area contributed by atoms with Gasteiger partial charge < -0.3 is 14.8 Å². The number of alkyl carbamates (subject to hydrolysis) is 1. The van der Waals surface area contributed by atoms with Crippen LogP contribution in [0.25, 0.3) is 0 Å². The number of rotatable bonds is 3. The van der Waals surface area contributed by atoms with Crippen LogP contribution in [0.4, 0.5) is 4.79 Å². The van der Waals surface area contributed by atoms with E-state index in [9.17, 15) is 9.59 Å². The maximum absolute atomic E-state index is 11.9. The third-order valence-corrected chi connectivity index (χ3v) is 2.82. The van der Waals surface area contributed by atoms with E-state index >= 15 is 0 Å². The van der Waals surface area contributed by atoms with Crippen molar-refractivity contribution in [1.29, 1.82) is 0 Å². The molecule has 0 aliphatic heterocycles. The van der Waals surface area contributed by atoms with E-state index < -0.39 is 23.2 Å². The molecule has 0 aliphatic rings. The number of carbonyl (C=O) groups is 2. The SMILES string of the molecule is COC(=O)c1cccc(C(C)(C)NC(=O)OC(C)(C)C)c1. The molecule has 5 nitrogen and oxygen atoms in total. The molecule has 1 rings (SSSR count). The van der Waals surface area contributed by atoms with Crippen molar-refractivity contribution >= 4 is 12.1 Å². The molecule has 21 heavy (non-hydrogen) atoms. The van der Waals surface area contributed by atoms with E-state index in [-0.39, 0.29) is 0 Å². The first-order valence-corrected chi connectivity index (χ1v) is 6.75. The van der Waals surface area contributed by atoms with Gasteiger partial charge in [0.05, 0.1) is 18.2 Å². The van der Waals surface area contributed by atoms with Gasteiger partial charge in [-0.2, -0.15) is 0 Å². The maximum atomic E-state index is 11.9. The molecular weight excluding hydrogens is 270 g/mol. The molecule has 1 aromatic rings. The summed E-state index contributed by atoms with van der Waals surface area (Å²) in [5, 5.41) is 2.80. The Hall–Kier alpha value is -2.04. The Kier molecular flexibility index (Phi) is 4.99. The largest absolute Gasteiger partial charge is 0.465 e. The van der Waals surface area contributed by atoms with Crippen LogP contribution in [0, 0.1) is 0 Å². The van der Waals surface area contributed by atoms with Crippen LogP contribution in [-0.4, -0.2) is 24.8 Å². The van der Waals surface area contributed by atoms with Gasteiger partial charge in [0.15, 0.2) is 0 Å². The first-order chi connectivity index (χ1) is 9.55. The van der Waals surface area contributed by atoms with Gasteiger partial charge in [-0.25, -0.2) is 9.59 Å². The molecule has 0 bridgehead atoms. The summed E-state index contributed by atoms with van der Waals surface area (Å²) in [5.41, 5.74) is -0.00857. The summed E-state index contributed by atoms with van der Waals surface area (Å²) in [4.78, 5) is 23.5. The van der Waals surface area contributed by atoms with Gasteiger partial charge >= 0.3 is 12.1 Å². The van der Waals surface area contributed by atoms with Crippen molar-refractivity contribution in [3.8, 4) is 0 Å². The van der Waals surface area contributed by atoms with E-state index in [2.05, 4.69) is 5.32 Å². The van der Waals surface area contributed by atoms with E-state index in [1.165, 1.54) is 7.11 Å². The first kappa shape index (κ1) is 17.0. The molecule has 0 aliphatic carbocycles. The monoisotopic (exact) mass is 293 g/mol. The highest BCUT2D eigenvalue weighted by Gasteiger charge is 2.26. The highest BCUT2D eigenvalue weighted by Crippen LogP contribution is 2.22. The molecule has 1 aromatic carbocycles. The average Bonchev–Trinajstić information content (AvgIpc) is 2.35. The Labute approximate surface area is 125 Å². The fourth-order valence-corrected chi connectivity index (χ4v) is 1.78. The third-order valence-electron chi connectivity index (χ3n) is 2.82. The molecule has 1 amide bonds. The molecule has 0 saturated heterocycles. The van der Waals surface area contributed by atoms with Crippen molar-refractivity contribution < 1.29 is 19.1 Å². The lowest BCUT2D eigenvalue weighted by Gasteiger charge is -2.29. The summed E-state index contributed by atoms with van der Waals surface area (Å²) in [6.45, 7) is 9.09. The molecule has 0 saturated carbocycles. The Bertz CT molecular complexity index is 529. The van der Waals surface area contributed by atoms with Crippen molar-refractivity contribution in [3.63, 3.8) is 0 Å². The zero-order valence-electron chi connectivity index (χ0n) is 13.4. The summed E-state index contributed by atoms with van der Waals surface area (Å²) >= 11 is 0. The van der Waals surface area contributed by atoms with Crippen molar-refractivity contribution in [1.82, 2.24) is 5.32 Å². The number of methoxy groups -OCH3 is 1. The van der Waals surface area contributed by atoms with Crippen LogP contribution in [0.15, 0.2) is 24.3 Å². The number of carbonyl (C=O) groups excluding carboxylic acids is 2. The summed E-state index contributed by atoms with van der Waals surface area (Å²) in [7, 11) is 1.33. The summed E-state index contributed by atoms with van der Waals surface area (Å²) in [6, 6.07) is 6.95. The number of hydrogen-bond donors (Lipinski definition) is 1. The molecule has 116 valence electrons. The number of ether oxygens (including phenoxy) is 2. The molecule has 0 spiro atoms. The van der Waals surface area contributed by atoms with Gasteiger partial charge in [0.25, 0.3) is 0 Å². The van der Waals surface area contributed by atoms with Crippen LogP contribution in [-0.2, 0) is 15.0 Å². The van der Waals surface area contributed by atoms with Gasteiger partial charge in [-0.3, -0.25) is 0 Å². The van der Waals surface area contributed by atoms with Crippen LogP contribution >= 0.6 is 0 Å². The first-order valence-electron chi connectivity index (χ1n) is 6.75. The highest BCUT2D eigenvalue weighted by molar-refractivity contribution is 5.89. The van der Waals surface area contributed by atoms with Crippen LogP contribution < -0.4 is 5.32 Å². The second-order valence-corrected chi connectivity index (χ2v) is 6.32. The minimum Gasteiger partial charge on any atom is -0.465 e. The van der Waals surface area contributed by atoms with Gasteiger partial charge in [0, 0.05) is 0 Å². The summed E-state index contributed by atoms with van der Waals surface area (Å²) < 4.78 is 9.95. The fraction of sp³-hybridized carbons (Fsp3) is 0.500. The summed E-state index contributed by atoms with van der Waals surface area (Å²) in [6.07, 6.45) is -0.504. The van der Waals surface area contributed by atoms with E-state index in [0.29, 0.717) is 5.56 Å². The minimum absolute atomic E-state index is 0.412. The summed E-state index contributed by atoms with van der Waals surface area (Å²) in [5.74, 6) is -0.412. The van der Waals surface area contributed by atoms with Crippen molar-refractivity contribution in [2.75, 3.05) is 7.11 Å². The van der Waals surface area contributed by atoms with E-state index in [1.807, 2.05) is 19.9 Å². The minimum atomic E-state index is -0.674. The molecular formula is C16H23NO4. The number of esters is 1. The average molecular weight is 293 g/mol. The fourth-order valence-electron chi connectivity index (χ4n) is 1.78. The van der Waals surface area contributed by atoms with E-state index in [1.54, 1.807) is 39.0 Å². The Morgan fingerprint density at radius 2 is 1.71 bits per heavy atom. The Morgan fingerprint density at radius 3 is 2.24 bits per heavy atom. The van der Waals surface area contributed by atoms with Crippen LogP contribution in [0.5, 0.6) is 0 Å². The topological polar surface area (TPSA) is 64.6 Å². The zero-order chi connectivity index (χ0) is 16.3. The lowest BCUT2D eigenvalue weighted by Crippen LogP contribution is -2.43. The van der Waals surface area contributed by atoms with Gasteiger partial charge in [-0.1, -0.05) is 12.1 Å². The molecule has 0 aromatic heterocycles. The second kappa shape index (κ2) is 6.16. The van der Waals surface area contributed by atoms with Crippen LogP contribution in [0.1, 0.15) is 50.5 Å². The quantitative estimate of drug-likeness (QED) is 0.869. The number of nitrogens with one attached hydrogen (secondary N) is 1. The normalized spacial score (nSPS) is 11.7. The standard InChI is InChI=1S/C16H23NO4/c1-15(2,3)21-14(19)17-16(4,5)12-9-7-8-11(10-12)13(18)20-6/h7-10H,1-6H3,(H,17,19). The lowest BCUT2D eigenvalue weighted by atomic mass is 9.93. The molecule has 0 radical (unpaired) electrons. The van der Waals surface area contributed by atoms with Crippen molar-refractivity contribution in [2.45, 2.75) is 45.8 Å². The highest BCUT2D eigenvalue weighted by atomic mass is 16.6. The maximum Gasteiger partial charge on any atom is 0.408 e. The van der Waals surface area contributed by atoms with E-state index in [0.717, 1.165) is 5.56 Å². The zero-order valence-corrected chi connectivity index (χ0v) is 13.4. The number of amides is 1. The van der Waals surface area contributed by atoms with Gasteiger partial charge in [0.2, 0.25) is 0 Å². The molecule has 0 atom stereocenters. The van der Waals surface area contributed by atoms with Gasteiger partial charge in [-0.15, -0.1) is 0 Å². The lowest BCUT2D eigenvalue weighted by molar-refractivity contribution is 0.0470. The second-order valence-electron chi connectivity index (χ2n) is 6.32. The van der Waals surface area contributed by atoms with E-state index in [4.69, 9.17) is 9.47 Å².